The third-order valence-corrected chi connectivity index (χ3v) is 3.61. The fourth-order valence-electron chi connectivity index (χ4n) is 2.04. The molecule has 23 heavy (non-hydrogen) atoms. The average Bonchev–Trinajstić information content (AvgIpc) is 2.54. The van der Waals surface area contributed by atoms with Gasteiger partial charge in [-0.05, 0) is 78.9 Å². The largest absolute Gasteiger partial charge is 0.356 e. The molecule has 3 heteroatoms. The normalized spacial score (nSPS) is 11.5. The lowest BCUT2D eigenvalue weighted by Gasteiger charge is -2.11. The van der Waals surface area contributed by atoms with Crippen molar-refractivity contribution in [2.24, 2.45) is 0 Å². The van der Waals surface area contributed by atoms with E-state index in [1.54, 1.807) is 0 Å². The summed E-state index contributed by atoms with van der Waals surface area (Å²) < 4.78 is 0.999. The van der Waals surface area contributed by atoms with Crippen molar-refractivity contribution in [2.45, 2.75) is 13.8 Å². The third kappa shape index (κ3) is 5.94. The summed E-state index contributed by atoms with van der Waals surface area (Å²) in [6.45, 7) is 7.97. The summed E-state index contributed by atoms with van der Waals surface area (Å²) in [5.74, 6) is 0. The average molecular weight is 416 g/mol. The molecule has 0 atom stereocenters. The second-order valence-electron chi connectivity index (χ2n) is 5.22. The molecule has 0 radical (unpaired) electrons. The Morgan fingerprint density at radius 3 is 2.35 bits per heavy atom. The van der Waals surface area contributed by atoms with Crippen LogP contribution in [-0.4, -0.2) is 0 Å². The lowest BCUT2D eigenvalue weighted by Crippen LogP contribution is -1.97. The van der Waals surface area contributed by atoms with E-state index in [9.17, 15) is 0 Å². The highest BCUT2D eigenvalue weighted by Crippen LogP contribution is 2.21. The van der Waals surface area contributed by atoms with Gasteiger partial charge in [-0.2, -0.15) is 0 Å². The quantitative estimate of drug-likeness (QED) is 0.412. The van der Waals surface area contributed by atoms with Gasteiger partial charge in [0.15, 0.2) is 0 Å². The summed E-state index contributed by atoms with van der Waals surface area (Å²) in [6, 6.07) is 16.6. The van der Waals surface area contributed by atoms with Gasteiger partial charge in [0.25, 0.3) is 0 Å². The minimum absolute atomic E-state index is 0.999. The van der Waals surface area contributed by atoms with Crippen molar-refractivity contribution in [1.82, 2.24) is 0 Å². The van der Waals surface area contributed by atoms with Crippen molar-refractivity contribution in [3.8, 4) is 0 Å². The van der Waals surface area contributed by atoms with Crippen LogP contribution in [0.4, 0.5) is 17.1 Å². The summed E-state index contributed by atoms with van der Waals surface area (Å²) in [4.78, 5) is 0. The molecule has 0 unspecified atom stereocenters. The van der Waals surface area contributed by atoms with Crippen LogP contribution in [0.1, 0.15) is 12.5 Å². The van der Waals surface area contributed by atoms with E-state index < -0.39 is 0 Å². The standard InChI is InChI=1S/C20H21IN2/c1-4-17(13-10-16(3)21)22-19-6-5-7-20(14-19)23-18-11-8-15(2)9-12-18/h4-14,22-23H,3H2,1-2H3/b13-10-,17-4+. The van der Waals surface area contributed by atoms with Crippen molar-refractivity contribution < 1.29 is 0 Å². The molecule has 2 nitrogen and oxygen atoms in total. The fourth-order valence-corrected chi connectivity index (χ4v) is 2.21. The van der Waals surface area contributed by atoms with Gasteiger partial charge in [0.05, 0.1) is 0 Å². The lowest BCUT2D eigenvalue weighted by atomic mass is 10.2. The number of anilines is 3. The van der Waals surface area contributed by atoms with Gasteiger partial charge < -0.3 is 10.6 Å². The first-order valence-corrected chi connectivity index (χ1v) is 8.54. The zero-order chi connectivity index (χ0) is 16.7. The molecule has 2 rings (SSSR count). The summed E-state index contributed by atoms with van der Waals surface area (Å²) in [5, 5.41) is 6.83. The fraction of sp³-hybridized carbons (Fsp3) is 0.100. The predicted molar refractivity (Wildman–Crippen MR) is 111 cm³/mol. The first-order chi connectivity index (χ1) is 11.1. The Kier molecular flexibility index (Phi) is 6.47. The maximum absolute atomic E-state index is 3.87. The molecule has 0 aliphatic carbocycles. The molecule has 0 heterocycles. The number of hydrogen-bond donors (Lipinski definition) is 2. The van der Waals surface area contributed by atoms with Crippen molar-refractivity contribution in [3.05, 3.63) is 88.2 Å². The zero-order valence-corrected chi connectivity index (χ0v) is 15.6. The summed E-state index contributed by atoms with van der Waals surface area (Å²) >= 11 is 2.20. The monoisotopic (exact) mass is 416 g/mol. The lowest BCUT2D eigenvalue weighted by molar-refractivity contribution is 1.43. The molecule has 2 N–H and O–H groups in total. The molecule has 0 aliphatic rings. The van der Waals surface area contributed by atoms with Gasteiger partial charge in [0.2, 0.25) is 0 Å². The Morgan fingerprint density at radius 2 is 1.70 bits per heavy atom. The van der Waals surface area contributed by atoms with Gasteiger partial charge in [-0.1, -0.05) is 36.4 Å². The van der Waals surface area contributed by atoms with E-state index in [-0.39, 0.29) is 0 Å². The number of hydrogen-bond acceptors (Lipinski definition) is 2. The molecule has 118 valence electrons. The van der Waals surface area contributed by atoms with Gasteiger partial charge in [0, 0.05) is 26.3 Å². The minimum Gasteiger partial charge on any atom is -0.356 e. The number of aryl methyl sites for hydroxylation is 1. The Balaban J connectivity index is 2.10. The highest BCUT2D eigenvalue weighted by Gasteiger charge is 1.98. The molecule has 2 aromatic carbocycles. The van der Waals surface area contributed by atoms with Crippen LogP contribution in [-0.2, 0) is 0 Å². The maximum Gasteiger partial charge on any atom is 0.0405 e. The van der Waals surface area contributed by atoms with E-state index in [0.717, 1.165) is 26.3 Å². The van der Waals surface area contributed by atoms with E-state index in [1.165, 1.54) is 5.56 Å². The molecule has 0 amide bonds. The van der Waals surface area contributed by atoms with Crippen LogP contribution < -0.4 is 10.6 Å². The molecule has 0 spiro atoms. The van der Waals surface area contributed by atoms with Gasteiger partial charge in [-0.15, -0.1) is 0 Å². The number of allylic oxidation sites excluding steroid dienone is 4. The zero-order valence-electron chi connectivity index (χ0n) is 13.4. The summed E-state index contributed by atoms with van der Waals surface area (Å²) in [6.07, 6.45) is 6.04. The molecule has 0 aliphatic heterocycles. The highest BCUT2D eigenvalue weighted by molar-refractivity contribution is 14.1. The van der Waals surface area contributed by atoms with Crippen LogP contribution in [0.2, 0.25) is 0 Å². The Labute approximate surface area is 152 Å². The number of rotatable bonds is 6. The molecule has 0 fully saturated rings. The van der Waals surface area contributed by atoms with Crippen molar-refractivity contribution in [1.29, 1.82) is 0 Å². The number of benzene rings is 2. The molecule has 2 aromatic rings. The molecule has 0 saturated carbocycles. The Hall–Kier alpha value is -2.01. The molecule has 0 saturated heterocycles. The van der Waals surface area contributed by atoms with E-state index >= 15 is 0 Å². The topological polar surface area (TPSA) is 24.1 Å². The van der Waals surface area contributed by atoms with Gasteiger partial charge in [-0.25, -0.2) is 0 Å². The van der Waals surface area contributed by atoms with Gasteiger partial charge in [-0.3, -0.25) is 0 Å². The van der Waals surface area contributed by atoms with E-state index in [0.29, 0.717) is 0 Å². The molecular weight excluding hydrogens is 395 g/mol. The predicted octanol–water partition coefficient (Wildman–Crippen LogP) is 6.56. The van der Waals surface area contributed by atoms with E-state index in [4.69, 9.17) is 0 Å². The maximum atomic E-state index is 3.87. The Morgan fingerprint density at radius 1 is 1.00 bits per heavy atom. The molecule has 0 aromatic heterocycles. The Bertz CT molecular complexity index is 728. The highest BCUT2D eigenvalue weighted by atomic mass is 127. The SMILES string of the molecule is C=C(I)/C=C\C(=C/C)Nc1cccc(Nc2ccc(C)cc2)c1. The third-order valence-electron chi connectivity index (χ3n) is 3.25. The van der Waals surface area contributed by atoms with Crippen LogP contribution in [0.25, 0.3) is 0 Å². The van der Waals surface area contributed by atoms with E-state index in [1.807, 2.05) is 31.2 Å². The van der Waals surface area contributed by atoms with Crippen LogP contribution >= 0.6 is 22.6 Å². The summed E-state index contributed by atoms with van der Waals surface area (Å²) in [5.41, 5.74) is 5.47. The second kappa shape index (κ2) is 8.58. The van der Waals surface area contributed by atoms with E-state index in [2.05, 4.69) is 89.2 Å². The summed E-state index contributed by atoms with van der Waals surface area (Å²) in [7, 11) is 0. The van der Waals surface area contributed by atoms with Crippen molar-refractivity contribution >= 4 is 39.7 Å². The minimum atomic E-state index is 0.999. The van der Waals surface area contributed by atoms with Crippen LogP contribution in [0.3, 0.4) is 0 Å². The van der Waals surface area contributed by atoms with Gasteiger partial charge >= 0.3 is 0 Å². The number of nitrogens with one attached hydrogen (secondary N) is 2. The van der Waals surface area contributed by atoms with Gasteiger partial charge in [0.1, 0.15) is 0 Å². The smallest absolute Gasteiger partial charge is 0.0405 e. The molecule has 0 bridgehead atoms. The number of halogens is 1. The van der Waals surface area contributed by atoms with Crippen LogP contribution in [0.15, 0.2) is 82.6 Å². The first-order valence-electron chi connectivity index (χ1n) is 7.46. The van der Waals surface area contributed by atoms with Crippen LogP contribution in [0, 0.1) is 6.92 Å². The van der Waals surface area contributed by atoms with Crippen molar-refractivity contribution in [2.75, 3.05) is 10.6 Å². The molecular formula is C20H21IN2. The van der Waals surface area contributed by atoms with Crippen LogP contribution in [0.5, 0.6) is 0 Å². The first kappa shape index (κ1) is 17.3. The van der Waals surface area contributed by atoms with Crippen molar-refractivity contribution in [3.63, 3.8) is 0 Å². The second-order valence-corrected chi connectivity index (χ2v) is 6.61.